The standard InChI is InChI=1S/C76H60/c1-7-12-17-31-58-38-28-43-67(65-41-26-24-39-62(65)55-32-18-14-19-33-55)68-46-44-59(49-70(68)53(6)48-71(58)66-42-27-25-40-63(66)56-34-20-15-21-35-56)60-45-47-69-73(57-36-22-16-23-37-57)52-75-64(29-9-3)61(11-5)72(51-76(75)74(69)50-60)54(10-4)30-13-8-2/h1,8-27,29-37,39-52H,2,5-6,28,38H2,3-4H3/b17-12-,29-9-,30-13-,54-10+,58-31+,67-43-,71-48+. The molecule has 1 aliphatic rings. The van der Waals surface area contributed by atoms with Crippen LogP contribution in [0.1, 0.15) is 65.6 Å². The first-order valence-electron chi connectivity index (χ1n) is 26.2. The highest BCUT2D eigenvalue weighted by molar-refractivity contribution is 6.18. The Labute approximate surface area is 450 Å². The van der Waals surface area contributed by atoms with Gasteiger partial charge in [-0.15, -0.1) is 6.42 Å². The normalized spacial score (nSPS) is 15.1. The molecule has 0 heteroatoms. The van der Waals surface area contributed by atoms with Crippen molar-refractivity contribution in [2.75, 3.05) is 0 Å². The topological polar surface area (TPSA) is 0 Å². The Morgan fingerprint density at radius 1 is 0.513 bits per heavy atom. The molecule has 0 aromatic heterocycles. The number of hydrogen-bond acceptors (Lipinski definition) is 0. The van der Waals surface area contributed by atoms with Crippen molar-refractivity contribution in [1.29, 1.82) is 0 Å². The van der Waals surface area contributed by atoms with Crippen molar-refractivity contribution >= 4 is 56.0 Å². The molecule has 9 aromatic rings. The van der Waals surface area contributed by atoms with E-state index in [9.17, 15) is 0 Å². The minimum atomic E-state index is 0.781. The van der Waals surface area contributed by atoms with Crippen molar-refractivity contribution in [3.8, 4) is 56.9 Å². The summed E-state index contributed by atoms with van der Waals surface area (Å²) in [7, 11) is 0. The Morgan fingerprint density at radius 2 is 1.08 bits per heavy atom. The van der Waals surface area contributed by atoms with E-state index in [-0.39, 0.29) is 0 Å². The number of fused-ring (bicyclic) bond motifs is 4. The van der Waals surface area contributed by atoms with Crippen molar-refractivity contribution in [3.05, 3.63) is 313 Å². The highest BCUT2D eigenvalue weighted by atomic mass is 14.3. The van der Waals surface area contributed by atoms with Gasteiger partial charge in [0, 0.05) is 0 Å². The summed E-state index contributed by atoms with van der Waals surface area (Å²) in [6.45, 7) is 17.5. The molecule has 0 heterocycles. The predicted molar refractivity (Wildman–Crippen MR) is 333 cm³/mol. The zero-order valence-corrected chi connectivity index (χ0v) is 43.4. The second-order valence-corrected chi connectivity index (χ2v) is 19.0. The largest absolute Gasteiger partial charge is 0.115 e. The maximum Gasteiger partial charge on any atom is -0.00921 e. The van der Waals surface area contributed by atoms with Crippen LogP contribution in [-0.2, 0) is 0 Å². The fourth-order valence-electron chi connectivity index (χ4n) is 11.0. The maximum absolute atomic E-state index is 5.82. The van der Waals surface area contributed by atoms with Gasteiger partial charge in [-0.2, -0.15) is 0 Å². The smallest absolute Gasteiger partial charge is 0.00921 e. The lowest BCUT2D eigenvalue weighted by atomic mass is 9.81. The Hall–Kier alpha value is -9.54. The summed E-state index contributed by atoms with van der Waals surface area (Å²) in [4.78, 5) is 0. The number of hydrogen-bond donors (Lipinski definition) is 0. The van der Waals surface area contributed by atoms with E-state index in [4.69, 9.17) is 13.0 Å². The number of allylic oxidation sites excluding steroid dienone is 14. The van der Waals surface area contributed by atoms with E-state index in [0.29, 0.717) is 0 Å². The monoisotopic (exact) mass is 972 g/mol. The Morgan fingerprint density at radius 3 is 1.68 bits per heavy atom. The lowest BCUT2D eigenvalue weighted by molar-refractivity contribution is 1.01. The second kappa shape index (κ2) is 23.1. The molecule has 10 rings (SSSR count). The van der Waals surface area contributed by atoms with Crippen LogP contribution in [0.5, 0.6) is 0 Å². The van der Waals surface area contributed by atoms with Gasteiger partial charge in [-0.25, -0.2) is 0 Å². The molecule has 0 saturated heterocycles. The van der Waals surface area contributed by atoms with E-state index < -0.39 is 0 Å². The van der Waals surface area contributed by atoms with E-state index in [2.05, 4.69) is 264 Å². The molecule has 0 nitrogen and oxygen atoms in total. The minimum Gasteiger partial charge on any atom is -0.115 e. The first kappa shape index (κ1) is 50.0. The summed E-state index contributed by atoms with van der Waals surface area (Å²) in [5.41, 5.74) is 22.6. The van der Waals surface area contributed by atoms with Crippen LogP contribution in [0, 0.1) is 12.3 Å². The summed E-state index contributed by atoms with van der Waals surface area (Å²) in [6.07, 6.45) is 32.6. The molecule has 0 atom stereocenters. The van der Waals surface area contributed by atoms with Crippen LogP contribution >= 0.6 is 0 Å². The van der Waals surface area contributed by atoms with Crippen LogP contribution < -0.4 is 0 Å². The second-order valence-electron chi connectivity index (χ2n) is 19.0. The molecule has 364 valence electrons. The quantitative estimate of drug-likeness (QED) is 0.0650. The van der Waals surface area contributed by atoms with E-state index in [1.807, 2.05) is 24.3 Å². The number of terminal acetylenes is 1. The third-order valence-electron chi connectivity index (χ3n) is 14.5. The van der Waals surface area contributed by atoms with Gasteiger partial charge in [0.15, 0.2) is 0 Å². The zero-order chi connectivity index (χ0) is 52.4. The van der Waals surface area contributed by atoms with Gasteiger partial charge >= 0.3 is 0 Å². The third kappa shape index (κ3) is 10.1. The van der Waals surface area contributed by atoms with Crippen LogP contribution in [0.3, 0.4) is 0 Å². The molecule has 9 aromatic carbocycles. The maximum atomic E-state index is 5.82. The van der Waals surface area contributed by atoms with Crippen LogP contribution in [0.15, 0.2) is 274 Å². The van der Waals surface area contributed by atoms with Gasteiger partial charge in [0.25, 0.3) is 0 Å². The highest BCUT2D eigenvalue weighted by Crippen LogP contribution is 2.45. The van der Waals surface area contributed by atoms with Gasteiger partial charge in [0.2, 0.25) is 0 Å². The molecule has 0 saturated carbocycles. The number of rotatable bonds is 12. The summed E-state index contributed by atoms with van der Waals surface area (Å²) in [5, 5.41) is 4.70. The van der Waals surface area contributed by atoms with Crippen LogP contribution in [-0.4, -0.2) is 0 Å². The lowest BCUT2D eigenvalue weighted by Crippen LogP contribution is -2.01. The van der Waals surface area contributed by atoms with Gasteiger partial charge < -0.3 is 0 Å². The molecule has 76 heavy (non-hydrogen) atoms. The summed E-state index contributed by atoms with van der Waals surface area (Å²) < 4.78 is 0. The fourth-order valence-corrected chi connectivity index (χ4v) is 11.0. The Kier molecular flexibility index (Phi) is 15.2. The molecule has 0 N–H and O–H groups in total. The van der Waals surface area contributed by atoms with E-state index in [0.717, 1.165) is 85.2 Å². The first-order chi connectivity index (χ1) is 37.4. The zero-order valence-electron chi connectivity index (χ0n) is 43.4. The van der Waals surface area contributed by atoms with Crippen molar-refractivity contribution in [3.63, 3.8) is 0 Å². The van der Waals surface area contributed by atoms with Gasteiger partial charge in [-0.3, -0.25) is 0 Å². The average molecular weight is 973 g/mol. The van der Waals surface area contributed by atoms with Gasteiger partial charge in [0.1, 0.15) is 0 Å². The molecule has 0 amide bonds. The molecule has 0 spiro atoms. The highest BCUT2D eigenvalue weighted by Gasteiger charge is 2.22. The molecule has 0 aliphatic heterocycles. The van der Waals surface area contributed by atoms with Gasteiger partial charge in [0.05, 0.1) is 0 Å². The van der Waals surface area contributed by atoms with E-state index >= 15 is 0 Å². The Balaban J connectivity index is 1.26. The third-order valence-corrected chi connectivity index (χ3v) is 14.5. The molecular formula is C76H60. The molecule has 0 unspecified atom stereocenters. The van der Waals surface area contributed by atoms with E-state index in [1.165, 1.54) is 60.5 Å². The minimum absolute atomic E-state index is 0.781. The Bertz CT molecular complexity index is 3960. The predicted octanol–water partition coefficient (Wildman–Crippen LogP) is 20.9. The van der Waals surface area contributed by atoms with Gasteiger partial charge in [-0.1, -0.05) is 250 Å². The van der Waals surface area contributed by atoms with E-state index in [1.54, 1.807) is 6.08 Å². The lowest BCUT2D eigenvalue weighted by Gasteiger charge is -2.23. The van der Waals surface area contributed by atoms with Crippen LogP contribution in [0.25, 0.3) is 100 Å². The number of benzene rings is 9. The SMILES string of the molecule is C#C\C=C/C=C1CC/C=C(/c2ccccc2-c2ccccc2)c2ccc(-c3ccc4c(-c5ccccc5)cc5c(/C=C\C)c(C=C)c(C(/C=C\C=C)=C/C)cc5c4c3)cc2C(=C)/C=C\1c1ccccc1-c1ccccc1. The fraction of sp³-hybridized carbons (Fsp3) is 0.0526. The first-order valence-corrected chi connectivity index (χ1v) is 26.2. The van der Waals surface area contributed by atoms with Crippen molar-refractivity contribution in [2.24, 2.45) is 0 Å². The summed E-state index contributed by atoms with van der Waals surface area (Å²) in [5.74, 6) is 2.72. The molecule has 1 aliphatic carbocycles. The molecule has 0 bridgehead atoms. The molecule has 0 radical (unpaired) electrons. The summed E-state index contributed by atoms with van der Waals surface area (Å²) in [6, 6.07) is 68.4. The van der Waals surface area contributed by atoms with Crippen molar-refractivity contribution < 1.29 is 0 Å². The average Bonchev–Trinajstić information content (AvgIpc) is 3.59. The molecule has 0 fully saturated rings. The molecular weight excluding hydrogens is 913 g/mol. The van der Waals surface area contributed by atoms with Crippen molar-refractivity contribution in [1.82, 2.24) is 0 Å². The van der Waals surface area contributed by atoms with Gasteiger partial charge in [-0.05, 0) is 196 Å². The van der Waals surface area contributed by atoms with Crippen LogP contribution in [0.2, 0.25) is 0 Å². The summed E-state index contributed by atoms with van der Waals surface area (Å²) >= 11 is 0. The van der Waals surface area contributed by atoms with Crippen LogP contribution in [0.4, 0.5) is 0 Å². The van der Waals surface area contributed by atoms with Crippen molar-refractivity contribution in [2.45, 2.75) is 26.7 Å².